The highest BCUT2D eigenvalue weighted by Crippen LogP contribution is 2.48. The molecule has 1 aliphatic rings. The van der Waals surface area contributed by atoms with Crippen LogP contribution in [0, 0.1) is 5.41 Å². The Morgan fingerprint density at radius 2 is 2.08 bits per heavy atom. The van der Waals surface area contributed by atoms with Gasteiger partial charge in [0.2, 0.25) is 0 Å². The fourth-order valence-corrected chi connectivity index (χ4v) is 2.92. The van der Waals surface area contributed by atoms with Crippen molar-refractivity contribution in [3.05, 3.63) is 34.9 Å². The van der Waals surface area contributed by atoms with Gasteiger partial charge in [-0.1, -0.05) is 23.7 Å². The summed E-state index contributed by atoms with van der Waals surface area (Å²) in [5, 5.41) is 7.54. The number of hydrogen-bond donors (Lipinski definition) is 2. The molecule has 4 nitrogen and oxygen atoms in total. The number of aliphatic imine (C=N–C) groups is 1. The maximum Gasteiger partial charge on any atom is 0.191 e. The average Bonchev–Trinajstić information content (AvgIpc) is 3.33. The molecule has 1 aromatic carbocycles. The first-order chi connectivity index (χ1) is 11.7. The monoisotopic (exact) mass is 479 g/mol. The third-order valence-corrected chi connectivity index (χ3v) is 4.69. The molecule has 25 heavy (non-hydrogen) atoms. The van der Waals surface area contributed by atoms with E-state index in [4.69, 9.17) is 21.3 Å². The molecule has 1 aliphatic carbocycles. The van der Waals surface area contributed by atoms with E-state index in [0.717, 1.165) is 56.7 Å². The molecule has 0 bridgehead atoms. The first-order valence-electron chi connectivity index (χ1n) is 9.02. The van der Waals surface area contributed by atoms with Crippen LogP contribution in [0.15, 0.2) is 29.3 Å². The van der Waals surface area contributed by atoms with E-state index in [9.17, 15) is 0 Å². The smallest absolute Gasteiger partial charge is 0.191 e. The van der Waals surface area contributed by atoms with Gasteiger partial charge in [-0.2, -0.15) is 0 Å². The van der Waals surface area contributed by atoms with Crippen molar-refractivity contribution in [1.29, 1.82) is 0 Å². The number of halogens is 2. The van der Waals surface area contributed by atoms with Gasteiger partial charge in [-0.15, -0.1) is 24.0 Å². The minimum atomic E-state index is 0. The summed E-state index contributed by atoms with van der Waals surface area (Å²) in [4.78, 5) is 4.79. The number of hydrogen-bond acceptors (Lipinski definition) is 2. The van der Waals surface area contributed by atoms with Crippen molar-refractivity contribution in [1.82, 2.24) is 10.6 Å². The number of nitrogens with zero attached hydrogens (tertiary/aromatic N) is 1. The summed E-state index contributed by atoms with van der Waals surface area (Å²) in [5.74, 6) is 0.905. The molecule has 0 amide bonds. The quantitative estimate of drug-likeness (QED) is 0.228. The number of benzene rings is 1. The van der Waals surface area contributed by atoms with Crippen LogP contribution in [0.2, 0.25) is 5.02 Å². The van der Waals surface area contributed by atoms with Gasteiger partial charge in [0, 0.05) is 37.9 Å². The molecule has 0 radical (unpaired) electrons. The molecule has 0 saturated heterocycles. The third kappa shape index (κ3) is 8.60. The van der Waals surface area contributed by atoms with Crippen LogP contribution in [0.1, 0.15) is 38.7 Å². The molecule has 0 spiro atoms. The summed E-state index contributed by atoms with van der Waals surface area (Å²) < 4.78 is 5.50. The number of guanidine groups is 1. The van der Waals surface area contributed by atoms with Crippen LogP contribution < -0.4 is 10.6 Å². The molecule has 1 fully saturated rings. The minimum absolute atomic E-state index is 0. The standard InChI is InChI=1S/C19H30ClN3O.HI/c1-3-21-18(22-12-8-16-6-5-7-17(20)14-16)23-15-19(9-10-19)11-13-24-4-2;/h5-7,14H,3-4,8-13,15H2,1-2H3,(H2,21,22,23);1H. The van der Waals surface area contributed by atoms with Crippen LogP contribution >= 0.6 is 35.6 Å². The Bertz CT molecular complexity index is 535. The van der Waals surface area contributed by atoms with Crippen LogP contribution in [0.3, 0.4) is 0 Å². The normalized spacial score (nSPS) is 15.4. The van der Waals surface area contributed by atoms with E-state index >= 15 is 0 Å². The Kier molecular flexibility index (Phi) is 10.8. The Labute approximate surface area is 174 Å². The fourth-order valence-electron chi connectivity index (χ4n) is 2.70. The van der Waals surface area contributed by atoms with Gasteiger partial charge >= 0.3 is 0 Å². The zero-order chi connectivity index (χ0) is 17.3. The van der Waals surface area contributed by atoms with Gasteiger partial charge in [-0.25, -0.2) is 0 Å². The van der Waals surface area contributed by atoms with Gasteiger partial charge in [0.05, 0.1) is 0 Å². The molecular weight excluding hydrogens is 449 g/mol. The van der Waals surface area contributed by atoms with E-state index in [1.165, 1.54) is 18.4 Å². The largest absolute Gasteiger partial charge is 0.382 e. The summed E-state index contributed by atoms with van der Waals surface area (Å²) in [7, 11) is 0. The predicted molar refractivity (Wildman–Crippen MR) is 117 cm³/mol. The molecule has 0 aromatic heterocycles. The molecule has 0 heterocycles. The lowest BCUT2D eigenvalue weighted by Crippen LogP contribution is -2.38. The van der Waals surface area contributed by atoms with E-state index in [2.05, 4.69) is 23.6 Å². The van der Waals surface area contributed by atoms with E-state index in [0.29, 0.717) is 5.41 Å². The van der Waals surface area contributed by atoms with Gasteiger partial charge in [-0.05, 0) is 62.6 Å². The van der Waals surface area contributed by atoms with Gasteiger partial charge < -0.3 is 15.4 Å². The van der Waals surface area contributed by atoms with Gasteiger partial charge in [-0.3, -0.25) is 4.99 Å². The molecule has 0 unspecified atom stereocenters. The summed E-state index contributed by atoms with van der Waals surface area (Å²) in [6.45, 7) is 8.39. The van der Waals surface area contributed by atoms with Crippen molar-refractivity contribution in [3.8, 4) is 0 Å². The van der Waals surface area contributed by atoms with Crippen molar-refractivity contribution in [2.24, 2.45) is 10.4 Å². The molecule has 6 heteroatoms. The number of nitrogens with one attached hydrogen (secondary N) is 2. The Balaban J connectivity index is 0.00000312. The van der Waals surface area contributed by atoms with Gasteiger partial charge in [0.15, 0.2) is 5.96 Å². The Morgan fingerprint density at radius 1 is 1.28 bits per heavy atom. The van der Waals surface area contributed by atoms with Crippen LogP contribution in [-0.4, -0.2) is 38.8 Å². The molecule has 2 rings (SSSR count). The Hall–Kier alpha value is -0.530. The summed E-state index contributed by atoms with van der Waals surface area (Å²) >= 11 is 6.03. The van der Waals surface area contributed by atoms with Gasteiger partial charge in [0.25, 0.3) is 0 Å². The molecule has 142 valence electrons. The van der Waals surface area contributed by atoms with Crippen LogP contribution in [0.5, 0.6) is 0 Å². The van der Waals surface area contributed by atoms with Crippen molar-refractivity contribution >= 4 is 41.5 Å². The predicted octanol–water partition coefficient (Wildman–Crippen LogP) is 4.26. The molecule has 0 aliphatic heterocycles. The topological polar surface area (TPSA) is 45.7 Å². The number of ether oxygens (including phenoxy) is 1. The second-order valence-corrected chi connectivity index (χ2v) is 6.89. The van der Waals surface area contributed by atoms with E-state index in [1.807, 2.05) is 25.1 Å². The summed E-state index contributed by atoms with van der Waals surface area (Å²) in [5.41, 5.74) is 1.62. The highest BCUT2D eigenvalue weighted by molar-refractivity contribution is 14.0. The molecule has 1 saturated carbocycles. The second kappa shape index (κ2) is 12.0. The van der Waals surface area contributed by atoms with E-state index in [1.54, 1.807) is 0 Å². The maximum atomic E-state index is 6.03. The van der Waals surface area contributed by atoms with E-state index < -0.39 is 0 Å². The van der Waals surface area contributed by atoms with E-state index in [-0.39, 0.29) is 24.0 Å². The second-order valence-electron chi connectivity index (χ2n) is 6.45. The highest BCUT2D eigenvalue weighted by atomic mass is 127. The van der Waals surface area contributed by atoms with Crippen molar-refractivity contribution < 1.29 is 4.74 Å². The molecule has 2 N–H and O–H groups in total. The lowest BCUT2D eigenvalue weighted by atomic mass is 10.0. The fraction of sp³-hybridized carbons (Fsp3) is 0.632. The molecular formula is C19H31ClIN3O. The van der Waals surface area contributed by atoms with Crippen molar-refractivity contribution in [3.63, 3.8) is 0 Å². The Morgan fingerprint density at radius 3 is 2.72 bits per heavy atom. The minimum Gasteiger partial charge on any atom is -0.382 e. The van der Waals surface area contributed by atoms with Crippen molar-refractivity contribution in [2.75, 3.05) is 32.8 Å². The lowest BCUT2D eigenvalue weighted by Gasteiger charge is -2.15. The lowest BCUT2D eigenvalue weighted by molar-refractivity contribution is 0.129. The zero-order valence-electron chi connectivity index (χ0n) is 15.3. The van der Waals surface area contributed by atoms with Crippen LogP contribution in [0.25, 0.3) is 0 Å². The van der Waals surface area contributed by atoms with Crippen LogP contribution in [0.4, 0.5) is 0 Å². The number of rotatable bonds is 10. The average molecular weight is 480 g/mol. The van der Waals surface area contributed by atoms with Crippen LogP contribution in [-0.2, 0) is 11.2 Å². The summed E-state index contributed by atoms with van der Waals surface area (Å²) in [6.07, 6.45) is 4.59. The third-order valence-electron chi connectivity index (χ3n) is 4.45. The SMILES string of the molecule is CCNC(=NCC1(CCOCC)CC1)NCCc1cccc(Cl)c1.I. The molecule has 0 atom stereocenters. The first kappa shape index (κ1) is 22.5. The molecule has 1 aromatic rings. The zero-order valence-corrected chi connectivity index (χ0v) is 18.4. The highest BCUT2D eigenvalue weighted by Gasteiger charge is 2.41. The summed E-state index contributed by atoms with van der Waals surface area (Å²) in [6, 6.07) is 8.01. The maximum absolute atomic E-state index is 6.03. The first-order valence-corrected chi connectivity index (χ1v) is 9.39. The van der Waals surface area contributed by atoms with Crippen molar-refractivity contribution in [2.45, 2.75) is 39.5 Å². The van der Waals surface area contributed by atoms with Gasteiger partial charge in [0.1, 0.15) is 0 Å².